The fourth-order valence-corrected chi connectivity index (χ4v) is 2.52. The number of benzene rings is 1. The third kappa shape index (κ3) is 4.49. The van der Waals surface area contributed by atoms with Crippen molar-refractivity contribution >= 4 is 22.8 Å². The van der Waals surface area contributed by atoms with E-state index in [4.69, 9.17) is 4.42 Å². The van der Waals surface area contributed by atoms with Crippen molar-refractivity contribution in [2.75, 3.05) is 5.32 Å². The lowest BCUT2D eigenvalue weighted by atomic mass is 10.0. The number of hydrogen-bond acceptors (Lipinski definition) is 5. The molecule has 3 rings (SSSR count). The topological polar surface area (TPSA) is 71.2 Å². The van der Waals surface area contributed by atoms with Gasteiger partial charge >= 0.3 is 0 Å². The summed E-state index contributed by atoms with van der Waals surface area (Å²) < 4.78 is 5.46. The summed E-state index contributed by atoms with van der Waals surface area (Å²) in [5.41, 5.74) is 0.798. The van der Waals surface area contributed by atoms with Crippen LogP contribution in [0.5, 0.6) is 0 Å². The van der Waals surface area contributed by atoms with Gasteiger partial charge in [0.05, 0.1) is 17.4 Å². The number of furan rings is 1. The monoisotopic (exact) mass is 351 g/mol. The molecule has 0 saturated heterocycles. The van der Waals surface area contributed by atoms with Crippen LogP contribution in [0.25, 0.3) is 28.6 Å². The largest absolute Gasteiger partial charge is 0.461 e. The Kier molecular flexibility index (Phi) is 4.59. The molecular weight excluding hydrogens is 326 g/mol. The lowest BCUT2D eigenvalue weighted by Crippen LogP contribution is -2.27. The number of aliphatic hydroxyl groups is 1. The van der Waals surface area contributed by atoms with Crippen LogP contribution in [-0.4, -0.2) is 26.2 Å². The highest BCUT2D eigenvalue weighted by Crippen LogP contribution is 2.28. The van der Waals surface area contributed by atoms with Gasteiger partial charge in [-0.2, -0.15) is 0 Å². The average molecular weight is 351 g/mol. The molecule has 136 valence electrons. The molecule has 0 atom stereocenters. The van der Waals surface area contributed by atoms with E-state index in [0.29, 0.717) is 11.6 Å². The molecule has 2 aromatic heterocycles. The van der Waals surface area contributed by atoms with Gasteiger partial charge in [0.15, 0.2) is 11.6 Å². The summed E-state index contributed by atoms with van der Waals surface area (Å²) in [6, 6.07) is 9.63. The van der Waals surface area contributed by atoms with Crippen LogP contribution in [0.2, 0.25) is 0 Å². The highest BCUT2D eigenvalue weighted by molar-refractivity contribution is 5.92. The Morgan fingerprint density at radius 2 is 1.85 bits per heavy atom. The molecule has 0 fully saturated rings. The number of hydrogen-bond donors (Lipinski definition) is 2. The van der Waals surface area contributed by atoms with Gasteiger partial charge < -0.3 is 14.8 Å². The van der Waals surface area contributed by atoms with Crippen LogP contribution in [0.1, 0.15) is 40.2 Å². The van der Waals surface area contributed by atoms with Crippen LogP contribution in [0, 0.1) is 0 Å². The minimum atomic E-state index is -0.860. The van der Waals surface area contributed by atoms with E-state index in [1.807, 2.05) is 36.4 Å². The molecule has 0 aliphatic heterocycles. The third-order valence-corrected chi connectivity index (χ3v) is 3.64. The first-order valence-corrected chi connectivity index (χ1v) is 8.66. The van der Waals surface area contributed by atoms with Gasteiger partial charge in [0, 0.05) is 10.9 Å². The molecule has 0 aliphatic rings. The van der Waals surface area contributed by atoms with Crippen molar-refractivity contribution < 1.29 is 9.52 Å². The SMILES string of the molecule is CC(C)(O)/C=C/c1ccc2nc(-c3ccco3)nc(NC(C)(C)C)c2c1. The van der Waals surface area contributed by atoms with E-state index in [9.17, 15) is 5.11 Å². The molecule has 5 nitrogen and oxygen atoms in total. The summed E-state index contributed by atoms with van der Waals surface area (Å²) >= 11 is 0. The summed E-state index contributed by atoms with van der Waals surface area (Å²) in [5.74, 6) is 1.94. The number of nitrogens with one attached hydrogen (secondary N) is 1. The lowest BCUT2D eigenvalue weighted by molar-refractivity contribution is 0.134. The average Bonchev–Trinajstić information content (AvgIpc) is 3.05. The second-order valence-electron chi connectivity index (χ2n) is 8.01. The molecule has 26 heavy (non-hydrogen) atoms. The fourth-order valence-electron chi connectivity index (χ4n) is 2.52. The molecule has 0 bridgehead atoms. The van der Waals surface area contributed by atoms with Crippen molar-refractivity contribution in [3.05, 3.63) is 48.2 Å². The van der Waals surface area contributed by atoms with Gasteiger partial charge in [-0.25, -0.2) is 9.97 Å². The van der Waals surface area contributed by atoms with Crippen molar-refractivity contribution in [3.8, 4) is 11.6 Å². The summed E-state index contributed by atoms with van der Waals surface area (Å²) in [6.07, 6.45) is 5.29. The molecule has 2 heterocycles. The van der Waals surface area contributed by atoms with Crippen molar-refractivity contribution in [1.29, 1.82) is 0 Å². The lowest BCUT2D eigenvalue weighted by Gasteiger charge is -2.22. The number of fused-ring (bicyclic) bond motifs is 1. The van der Waals surface area contributed by atoms with Crippen LogP contribution in [0.3, 0.4) is 0 Å². The molecule has 0 unspecified atom stereocenters. The van der Waals surface area contributed by atoms with Gasteiger partial charge in [-0.3, -0.25) is 0 Å². The van der Waals surface area contributed by atoms with Gasteiger partial charge in [-0.1, -0.05) is 18.2 Å². The Balaban J connectivity index is 2.14. The van der Waals surface area contributed by atoms with Crippen LogP contribution >= 0.6 is 0 Å². The van der Waals surface area contributed by atoms with E-state index in [-0.39, 0.29) is 5.54 Å². The zero-order valence-electron chi connectivity index (χ0n) is 15.9. The quantitative estimate of drug-likeness (QED) is 0.700. The van der Waals surface area contributed by atoms with E-state index in [1.54, 1.807) is 26.2 Å². The Morgan fingerprint density at radius 1 is 1.08 bits per heavy atom. The zero-order chi connectivity index (χ0) is 18.9. The Hall–Kier alpha value is -2.66. The number of aromatic nitrogens is 2. The molecule has 0 amide bonds. The molecule has 0 radical (unpaired) electrons. The molecule has 1 aromatic carbocycles. The van der Waals surface area contributed by atoms with Crippen molar-refractivity contribution in [3.63, 3.8) is 0 Å². The number of nitrogens with zero attached hydrogens (tertiary/aromatic N) is 2. The Morgan fingerprint density at radius 3 is 2.46 bits per heavy atom. The summed E-state index contributed by atoms with van der Waals surface area (Å²) in [5, 5.41) is 14.3. The molecule has 0 aliphatic carbocycles. The molecule has 5 heteroatoms. The second kappa shape index (κ2) is 6.57. The van der Waals surface area contributed by atoms with Gasteiger partial charge in [0.1, 0.15) is 5.82 Å². The molecule has 0 spiro atoms. The van der Waals surface area contributed by atoms with Crippen LogP contribution < -0.4 is 5.32 Å². The summed E-state index contributed by atoms with van der Waals surface area (Å²) in [7, 11) is 0. The number of anilines is 1. The van der Waals surface area contributed by atoms with E-state index in [0.717, 1.165) is 22.3 Å². The van der Waals surface area contributed by atoms with Crippen molar-refractivity contribution in [2.45, 2.75) is 45.8 Å². The smallest absolute Gasteiger partial charge is 0.198 e. The standard InChI is InChI=1S/C21H25N3O2/c1-20(2,3)24-18-15-13-14(10-11-21(4,5)25)8-9-16(15)22-19(23-18)17-7-6-12-26-17/h6-13,25H,1-5H3,(H,22,23,24)/b11-10+. The number of rotatable bonds is 4. The highest BCUT2D eigenvalue weighted by atomic mass is 16.3. The van der Waals surface area contributed by atoms with E-state index < -0.39 is 5.60 Å². The maximum atomic E-state index is 9.91. The summed E-state index contributed by atoms with van der Waals surface area (Å²) in [4.78, 5) is 9.33. The minimum absolute atomic E-state index is 0.152. The van der Waals surface area contributed by atoms with Crippen molar-refractivity contribution in [2.24, 2.45) is 0 Å². The third-order valence-electron chi connectivity index (χ3n) is 3.64. The molecule has 3 aromatic rings. The van der Waals surface area contributed by atoms with E-state index in [1.165, 1.54) is 0 Å². The van der Waals surface area contributed by atoms with Gasteiger partial charge in [-0.15, -0.1) is 0 Å². The van der Waals surface area contributed by atoms with Gasteiger partial charge in [-0.05, 0) is 64.4 Å². The van der Waals surface area contributed by atoms with Gasteiger partial charge in [0.25, 0.3) is 0 Å². The Bertz CT molecular complexity index is 930. The minimum Gasteiger partial charge on any atom is -0.461 e. The highest BCUT2D eigenvalue weighted by Gasteiger charge is 2.16. The predicted molar refractivity (Wildman–Crippen MR) is 106 cm³/mol. The first kappa shape index (κ1) is 18.1. The first-order valence-electron chi connectivity index (χ1n) is 8.66. The van der Waals surface area contributed by atoms with Gasteiger partial charge in [0.2, 0.25) is 0 Å². The maximum absolute atomic E-state index is 9.91. The van der Waals surface area contributed by atoms with E-state index >= 15 is 0 Å². The van der Waals surface area contributed by atoms with E-state index in [2.05, 4.69) is 36.1 Å². The van der Waals surface area contributed by atoms with Crippen LogP contribution in [0.15, 0.2) is 47.1 Å². The fraction of sp³-hybridized carbons (Fsp3) is 0.333. The Labute approximate surface area is 153 Å². The first-order chi connectivity index (χ1) is 12.1. The predicted octanol–water partition coefficient (Wildman–Crippen LogP) is 4.88. The van der Waals surface area contributed by atoms with Crippen LogP contribution in [0.4, 0.5) is 5.82 Å². The summed E-state index contributed by atoms with van der Waals surface area (Å²) in [6.45, 7) is 9.76. The second-order valence-corrected chi connectivity index (χ2v) is 8.01. The molecular formula is C21H25N3O2. The zero-order valence-corrected chi connectivity index (χ0v) is 15.9. The van der Waals surface area contributed by atoms with Crippen LogP contribution in [-0.2, 0) is 0 Å². The maximum Gasteiger partial charge on any atom is 0.198 e. The molecule has 2 N–H and O–H groups in total. The molecule has 0 saturated carbocycles. The normalized spacial score (nSPS) is 12.8. The van der Waals surface area contributed by atoms with Crippen molar-refractivity contribution in [1.82, 2.24) is 9.97 Å².